The molecule has 0 bridgehead atoms. The monoisotopic (exact) mass is 171 g/mol. The number of carbonyl (C=O) groups is 1. The zero-order chi connectivity index (χ0) is 8.65. The van der Waals surface area contributed by atoms with Gasteiger partial charge in [-0.15, -0.1) is 0 Å². The van der Waals surface area contributed by atoms with Gasteiger partial charge in [-0.05, 0) is 18.8 Å². The topological polar surface area (TPSA) is 38.3 Å². The van der Waals surface area contributed by atoms with Crippen LogP contribution in [0.15, 0.2) is 0 Å². The van der Waals surface area contributed by atoms with Gasteiger partial charge in [0.1, 0.15) is 0 Å². The van der Waals surface area contributed by atoms with Crippen molar-refractivity contribution in [3.8, 4) is 0 Å². The lowest BCUT2D eigenvalue weighted by Crippen LogP contribution is -2.15. The molecule has 1 N–H and O–H groups in total. The van der Waals surface area contributed by atoms with Gasteiger partial charge in [0.15, 0.2) is 0 Å². The molecule has 1 saturated carbocycles. The molecule has 0 amide bonds. The Morgan fingerprint density at radius 2 is 2.17 bits per heavy atom. The van der Waals surface area contributed by atoms with Gasteiger partial charge in [0.25, 0.3) is 0 Å². The number of hydrogen-bond donors (Lipinski definition) is 1. The lowest BCUT2D eigenvalue weighted by Gasteiger charge is -2.07. The van der Waals surface area contributed by atoms with Crippen LogP contribution >= 0.6 is 0 Å². The largest absolute Gasteiger partial charge is 0.374 e. The van der Waals surface area contributed by atoms with Crippen molar-refractivity contribution < 1.29 is 9.63 Å². The highest BCUT2D eigenvalue weighted by atomic mass is 16.7. The Hall–Kier alpha value is -0.570. The second kappa shape index (κ2) is 6.00. The highest BCUT2D eigenvalue weighted by molar-refractivity contribution is 5.36. The number of carbonyl (C=O) groups excluding carboxylic acids is 1. The first-order chi connectivity index (χ1) is 5.93. The van der Waals surface area contributed by atoms with Gasteiger partial charge in [-0.2, -0.15) is 5.48 Å². The van der Waals surface area contributed by atoms with Gasteiger partial charge < -0.3 is 4.84 Å². The van der Waals surface area contributed by atoms with Gasteiger partial charge >= 0.3 is 6.47 Å². The molecule has 12 heavy (non-hydrogen) atoms. The van der Waals surface area contributed by atoms with Crippen molar-refractivity contribution >= 4 is 6.47 Å². The first-order valence-electron chi connectivity index (χ1n) is 4.75. The van der Waals surface area contributed by atoms with Crippen molar-refractivity contribution in [3.63, 3.8) is 0 Å². The molecule has 0 saturated heterocycles. The molecule has 0 aromatic carbocycles. The summed E-state index contributed by atoms with van der Waals surface area (Å²) in [6, 6.07) is 0. The molecule has 0 aromatic rings. The molecule has 1 aliphatic carbocycles. The normalized spacial score (nSPS) is 18.0. The van der Waals surface area contributed by atoms with Crippen LogP contribution in [0, 0.1) is 5.92 Å². The average Bonchev–Trinajstić information content (AvgIpc) is 2.57. The molecule has 0 atom stereocenters. The number of hydroxylamine groups is 1. The highest BCUT2D eigenvalue weighted by Crippen LogP contribution is 2.28. The SMILES string of the molecule is O=CONCCCC1CCCC1. The third-order valence-corrected chi connectivity index (χ3v) is 2.50. The van der Waals surface area contributed by atoms with Gasteiger partial charge in [0.05, 0.1) is 0 Å². The summed E-state index contributed by atoms with van der Waals surface area (Å²) in [5.41, 5.74) is 2.59. The van der Waals surface area contributed by atoms with E-state index in [1.54, 1.807) is 0 Å². The maximum absolute atomic E-state index is 9.74. The fraction of sp³-hybridized carbons (Fsp3) is 0.889. The minimum atomic E-state index is 0.426. The summed E-state index contributed by atoms with van der Waals surface area (Å²) in [6.45, 7) is 1.21. The lowest BCUT2D eigenvalue weighted by molar-refractivity contribution is -0.135. The molecule has 0 aliphatic heterocycles. The molecule has 1 rings (SSSR count). The second-order valence-corrected chi connectivity index (χ2v) is 3.40. The molecule has 70 valence electrons. The van der Waals surface area contributed by atoms with Crippen molar-refractivity contribution in [2.45, 2.75) is 38.5 Å². The van der Waals surface area contributed by atoms with Crippen LogP contribution in [0.25, 0.3) is 0 Å². The van der Waals surface area contributed by atoms with Gasteiger partial charge in [0, 0.05) is 6.54 Å². The summed E-state index contributed by atoms with van der Waals surface area (Å²) in [5.74, 6) is 0.933. The fourth-order valence-corrected chi connectivity index (χ4v) is 1.85. The van der Waals surface area contributed by atoms with Crippen LogP contribution in [-0.2, 0) is 9.63 Å². The second-order valence-electron chi connectivity index (χ2n) is 3.40. The van der Waals surface area contributed by atoms with E-state index in [1.807, 2.05) is 0 Å². The van der Waals surface area contributed by atoms with Gasteiger partial charge in [-0.25, -0.2) is 0 Å². The van der Waals surface area contributed by atoms with E-state index in [0.717, 1.165) is 18.9 Å². The van der Waals surface area contributed by atoms with Crippen molar-refractivity contribution in [3.05, 3.63) is 0 Å². The summed E-state index contributed by atoms with van der Waals surface area (Å²) in [7, 11) is 0. The minimum absolute atomic E-state index is 0.426. The Balaban J connectivity index is 1.84. The van der Waals surface area contributed by atoms with E-state index in [2.05, 4.69) is 10.3 Å². The highest BCUT2D eigenvalue weighted by Gasteiger charge is 2.13. The first-order valence-corrected chi connectivity index (χ1v) is 4.75. The van der Waals surface area contributed by atoms with Gasteiger partial charge in [-0.3, -0.25) is 4.79 Å². The number of hydrogen-bond acceptors (Lipinski definition) is 3. The fourth-order valence-electron chi connectivity index (χ4n) is 1.85. The summed E-state index contributed by atoms with van der Waals surface area (Å²) in [6.07, 6.45) is 7.99. The van der Waals surface area contributed by atoms with Crippen LogP contribution in [0.2, 0.25) is 0 Å². The molecule has 1 aliphatic rings. The molecule has 0 spiro atoms. The molecule has 1 fully saturated rings. The van der Waals surface area contributed by atoms with E-state index in [1.165, 1.54) is 32.1 Å². The maximum Gasteiger partial charge on any atom is 0.312 e. The summed E-state index contributed by atoms with van der Waals surface area (Å²) in [5, 5.41) is 0. The molecular formula is C9H17NO2. The molecular weight excluding hydrogens is 154 g/mol. The molecule has 0 radical (unpaired) electrons. The van der Waals surface area contributed by atoms with Crippen molar-refractivity contribution in [2.24, 2.45) is 5.92 Å². The zero-order valence-corrected chi connectivity index (χ0v) is 7.42. The lowest BCUT2D eigenvalue weighted by atomic mass is 10.0. The van der Waals surface area contributed by atoms with E-state index >= 15 is 0 Å². The molecule has 0 aromatic heterocycles. The average molecular weight is 171 g/mol. The number of rotatable bonds is 6. The molecule has 0 unspecified atom stereocenters. The Morgan fingerprint density at radius 3 is 2.83 bits per heavy atom. The Morgan fingerprint density at radius 1 is 1.42 bits per heavy atom. The van der Waals surface area contributed by atoms with E-state index in [0.29, 0.717) is 6.47 Å². The van der Waals surface area contributed by atoms with Crippen molar-refractivity contribution in [1.29, 1.82) is 0 Å². The standard InChI is InChI=1S/C9H17NO2/c11-8-12-10-7-3-6-9-4-1-2-5-9/h8-10H,1-7H2. The van der Waals surface area contributed by atoms with Crippen LogP contribution in [0.1, 0.15) is 38.5 Å². The van der Waals surface area contributed by atoms with E-state index in [-0.39, 0.29) is 0 Å². The summed E-state index contributed by atoms with van der Waals surface area (Å²) >= 11 is 0. The van der Waals surface area contributed by atoms with Crippen LogP contribution in [0.4, 0.5) is 0 Å². The Kier molecular flexibility index (Phi) is 4.76. The first kappa shape index (κ1) is 9.52. The zero-order valence-electron chi connectivity index (χ0n) is 7.42. The third-order valence-electron chi connectivity index (χ3n) is 2.50. The van der Waals surface area contributed by atoms with Crippen molar-refractivity contribution in [2.75, 3.05) is 6.54 Å². The van der Waals surface area contributed by atoms with Crippen LogP contribution in [-0.4, -0.2) is 13.0 Å². The predicted molar refractivity (Wildman–Crippen MR) is 46.3 cm³/mol. The smallest absolute Gasteiger partial charge is 0.312 e. The molecule has 0 heterocycles. The molecule has 3 heteroatoms. The molecule has 3 nitrogen and oxygen atoms in total. The van der Waals surface area contributed by atoms with Crippen molar-refractivity contribution in [1.82, 2.24) is 5.48 Å². The summed E-state index contributed by atoms with van der Waals surface area (Å²) < 4.78 is 0. The third kappa shape index (κ3) is 3.72. The predicted octanol–water partition coefficient (Wildman–Crippen LogP) is 1.63. The van der Waals surface area contributed by atoms with Crippen LogP contribution in [0.3, 0.4) is 0 Å². The quantitative estimate of drug-likeness (QED) is 0.375. The Labute approximate surface area is 73.4 Å². The van der Waals surface area contributed by atoms with E-state index < -0.39 is 0 Å². The van der Waals surface area contributed by atoms with Crippen LogP contribution in [0.5, 0.6) is 0 Å². The summed E-state index contributed by atoms with van der Waals surface area (Å²) in [4.78, 5) is 14.1. The van der Waals surface area contributed by atoms with Crippen LogP contribution < -0.4 is 5.48 Å². The van der Waals surface area contributed by atoms with E-state index in [9.17, 15) is 4.79 Å². The Bertz CT molecular complexity index is 122. The minimum Gasteiger partial charge on any atom is -0.374 e. The number of nitrogens with one attached hydrogen (secondary N) is 1. The van der Waals surface area contributed by atoms with Gasteiger partial charge in [-0.1, -0.05) is 25.7 Å². The van der Waals surface area contributed by atoms with Gasteiger partial charge in [0.2, 0.25) is 0 Å². The maximum atomic E-state index is 9.74. The van der Waals surface area contributed by atoms with E-state index in [4.69, 9.17) is 0 Å².